The normalized spacial score (nSPS) is 14.9. The maximum atomic E-state index is 12.9. The Morgan fingerprint density at radius 2 is 1.44 bits per heavy atom. The van der Waals surface area contributed by atoms with Crippen molar-refractivity contribution in [1.82, 2.24) is 0 Å². The fraction of sp³-hybridized carbons (Fsp3) is 0.889. The zero-order chi connectivity index (χ0) is 14.8. The van der Waals surface area contributed by atoms with Gasteiger partial charge in [-0.05, 0) is 0 Å². The van der Waals surface area contributed by atoms with Gasteiger partial charge in [0.05, 0.1) is 0 Å². The van der Waals surface area contributed by atoms with E-state index in [4.69, 9.17) is 0 Å². The summed E-state index contributed by atoms with van der Waals surface area (Å²) in [5.74, 6) is 0. The molecule has 0 bridgehead atoms. The molecule has 0 amide bonds. The standard InChI is InChI=1S/C7H8F6NO.2CH3.In/c1-3-14-4(2)5(15,6(8,9)10)7(11,12)13;;;/h3H2,1-2H3;2*1H3;/q-1;;;+1. The average Bonchev–Trinajstić information content (AvgIpc) is 2.09. The number of hydrogen-bond acceptors (Lipinski definition) is 2. The summed E-state index contributed by atoms with van der Waals surface area (Å²) in [7, 11) is 0. The van der Waals surface area contributed by atoms with Gasteiger partial charge in [-0.3, -0.25) is 0 Å². The molecule has 0 unspecified atom stereocenters. The van der Waals surface area contributed by atoms with E-state index < -0.39 is 45.5 Å². The van der Waals surface area contributed by atoms with Gasteiger partial charge in [0, 0.05) is 0 Å². The molecular weight excluding hydrogens is 367 g/mol. The van der Waals surface area contributed by atoms with Crippen LogP contribution in [0.1, 0.15) is 13.8 Å². The molecule has 9 heteroatoms. The average molecular weight is 381 g/mol. The van der Waals surface area contributed by atoms with Crippen molar-refractivity contribution in [3.05, 3.63) is 0 Å². The summed E-state index contributed by atoms with van der Waals surface area (Å²) < 4.78 is 84.5. The molecule has 0 aliphatic carbocycles. The van der Waals surface area contributed by atoms with Gasteiger partial charge in [-0.1, -0.05) is 0 Å². The van der Waals surface area contributed by atoms with Crippen LogP contribution in [0.15, 0.2) is 4.99 Å². The maximum absolute atomic E-state index is 12.9. The summed E-state index contributed by atoms with van der Waals surface area (Å²) in [6, 6.07) is 0. The van der Waals surface area contributed by atoms with E-state index >= 15 is 0 Å². The molecule has 0 saturated carbocycles. The van der Waals surface area contributed by atoms with Gasteiger partial charge in [0.15, 0.2) is 0 Å². The molecule has 0 aromatic rings. The molecule has 0 aromatic heterocycles. The molecule has 0 atom stereocenters. The molecule has 0 aliphatic rings. The summed E-state index contributed by atoms with van der Waals surface area (Å²) >= 11 is -3.28. The van der Waals surface area contributed by atoms with Crippen LogP contribution >= 0.6 is 0 Å². The second-order valence-corrected chi connectivity index (χ2v) is 10.6. The second-order valence-electron chi connectivity index (χ2n) is 3.90. The molecule has 18 heavy (non-hydrogen) atoms. The Hall–Kier alpha value is 0.0801. The van der Waals surface area contributed by atoms with E-state index in [-0.39, 0.29) is 6.54 Å². The Labute approximate surface area is 110 Å². The van der Waals surface area contributed by atoms with Crippen molar-refractivity contribution in [2.45, 2.75) is 41.2 Å². The Kier molecular flexibility index (Phi) is 6.05. The van der Waals surface area contributed by atoms with Crippen molar-refractivity contribution < 1.29 is 29.2 Å². The molecule has 106 valence electrons. The molecule has 2 nitrogen and oxygen atoms in total. The molecule has 0 heterocycles. The van der Waals surface area contributed by atoms with Gasteiger partial charge in [0.1, 0.15) is 0 Å². The van der Waals surface area contributed by atoms with Gasteiger partial charge >= 0.3 is 109 Å². The van der Waals surface area contributed by atoms with Crippen LogP contribution < -0.4 is 0 Å². The van der Waals surface area contributed by atoms with Crippen molar-refractivity contribution in [3.63, 3.8) is 0 Å². The molecule has 0 aromatic carbocycles. The first kappa shape index (κ1) is 18.1. The second kappa shape index (κ2) is 6.02. The van der Waals surface area contributed by atoms with Gasteiger partial charge in [-0.2, -0.15) is 0 Å². The fourth-order valence-electron chi connectivity index (χ4n) is 1.49. The summed E-state index contributed by atoms with van der Waals surface area (Å²) in [4.78, 5) is 3.27. The SMILES string of the molecule is CCN=C(C)C([O][In]([CH3])[CH3])(C(F)(F)F)C(F)(F)F. The Morgan fingerprint density at radius 3 is 1.67 bits per heavy atom. The molecule has 0 N–H and O–H groups in total. The zero-order valence-corrected chi connectivity index (χ0v) is 13.7. The Morgan fingerprint density at radius 1 is 1.06 bits per heavy atom. The minimum absolute atomic E-state index is 0.170. The van der Waals surface area contributed by atoms with Crippen LogP contribution in [0.4, 0.5) is 26.3 Å². The predicted octanol–water partition coefficient (Wildman–Crippen LogP) is 3.60. The van der Waals surface area contributed by atoms with Gasteiger partial charge in [-0.15, -0.1) is 0 Å². The van der Waals surface area contributed by atoms with E-state index in [0.717, 1.165) is 0 Å². The third kappa shape index (κ3) is 3.55. The van der Waals surface area contributed by atoms with Crippen LogP contribution in [0.25, 0.3) is 0 Å². The molecule has 0 aliphatic heterocycles. The number of rotatable bonds is 4. The van der Waals surface area contributed by atoms with Crippen LogP contribution in [0.3, 0.4) is 0 Å². The quantitative estimate of drug-likeness (QED) is 0.539. The summed E-state index contributed by atoms with van der Waals surface area (Å²) in [6.45, 7) is 1.90. The van der Waals surface area contributed by atoms with Gasteiger partial charge < -0.3 is 0 Å². The van der Waals surface area contributed by atoms with E-state index in [1.54, 1.807) is 0 Å². The van der Waals surface area contributed by atoms with E-state index in [1.807, 2.05) is 0 Å². The first-order chi connectivity index (χ1) is 7.90. The minimum atomic E-state index is -5.57. The van der Waals surface area contributed by atoms with Crippen molar-refractivity contribution >= 4 is 27.6 Å². The Bertz CT molecular complexity index is 295. The summed E-state index contributed by atoms with van der Waals surface area (Å²) in [5, 5.41) is 0. The first-order valence-corrected chi connectivity index (χ1v) is 13.2. The Balaban J connectivity index is 5.97. The van der Waals surface area contributed by atoms with E-state index in [2.05, 4.69) is 7.85 Å². The van der Waals surface area contributed by atoms with Crippen LogP contribution in [0, 0.1) is 0 Å². The van der Waals surface area contributed by atoms with E-state index in [9.17, 15) is 26.3 Å². The third-order valence-electron chi connectivity index (χ3n) is 2.12. The van der Waals surface area contributed by atoms with Gasteiger partial charge in [0.2, 0.25) is 0 Å². The zero-order valence-electron chi connectivity index (χ0n) is 10.4. The van der Waals surface area contributed by atoms with Crippen molar-refractivity contribution in [1.29, 1.82) is 0 Å². The van der Waals surface area contributed by atoms with Crippen molar-refractivity contribution in [2.75, 3.05) is 6.54 Å². The number of halogens is 6. The van der Waals surface area contributed by atoms with Crippen LogP contribution in [0.5, 0.6) is 0 Å². The van der Waals surface area contributed by atoms with Crippen LogP contribution in [-0.4, -0.2) is 52.1 Å². The monoisotopic (exact) mass is 381 g/mol. The van der Waals surface area contributed by atoms with Crippen LogP contribution in [-0.2, 0) is 2.85 Å². The van der Waals surface area contributed by atoms with Gasteiger partial charge in [-0.25, -0.2) is 0 Å². The number of nitrogens with zero attached hydrogens (tertiary/aromatic N) is 1. The molecular formula is C9H14F6InNO. The number of hydrogen-bond donors (Lipinski definition) is 0. The first-order valence-electron chi connectivity index (χ1n) is 5.23. The fourth-order valence-corrected chi connectivity index (χ4v) is 4.76. The van der Waals surface area contributed by atoms with E-state index in [0.29, 0.717) is 6.92 Å². The molecule has 0 spiro atoms. The topological polar surface area (TPSA) is 21.6 Å². The molecule has 0 rings (SSSR count). The summed E-state index contributed by atoms with van der Waals surface area (Å²) in [5.41, 5.74) is -5.34. The number of alkyl halides is 6. The number of aliphatic imine (C=N–C) groups is 1. The third-order valence-corrected chi connectivity index (χ3v) is 4.47. The van der Waals surface area contributed by atoms with Crippen molar-refractivity contribution in [3.8, 4) is 0 Å². The molecule has 0 fully saturated rings. The molecule has 0 saturated heterocycles. The van der Waals surface area contributed by atoms with Crippen molar-refractivity contribution in [2.24, 2.45) is 4.99 Å². The summed E-state index contributed by atoms with van der Waals surface area (Å²) in [6.07, 6.45) is -11.1. The molecule has 0 radical (unpaired) electrons. The van der Waals surface area contributed by atoms with Gasteiger partial charge in [0.25, 0.3) is 0 Å². The van der Waals surface area contributed by atoms with Crippen LogP contribution in [0.2, 0.25) is 9.36 Å². The van der Waals surface area contributed by atoms with E-state index in [1.165, 1.54) is 16.3 Å². The predicted molar refractivity (Wildman–Crippen MR) is 57.1 cm³/mol.